The zero-order chi connectivity index (χ0) is 23.4. The lowest BCUT2D eigenvalue weighted by Gasteiger charge is -2.29. The molecule has 1 fully saturated rings. The molecule has 0 saturated carbocycles. The van der Waals surface area contributed by atoms with Gasteiger partial charge in [-0.3, -0.25) is 14.2 Å². The molecular formula is C23H29N5O3S2. The number of aromatic nitrogens is 3. The quantitative estimate of drug-likeness (QED) is 0.384. The number of carbonyl (C=O) groups excluding carboxylic acids is 1. The Labute approximate surface area is 201 Å². The van der Waals surface area contributed by atoms with Gasteiger partial charge in [0.1, 0.15) is 10.4 Å². The molecule has 1 aromatic carbocycles. The van der Waals surface area contributed by atoms with Crippen LogP contribution in [0.5, 0.6) is 5.75 Å². The standard InChI is InChI=1S/C23H29N5O3S2/c1-4-28-21(30)19-20(25-22(33-19)27-10-8-15(2)9-11-27)26-23(28)32-14-18(29)24-13-16-6-5-7-17(12-16)31-3/h5-7,12,15H,4,8-11,13-14H2,1-3H3,(H,24,29). The predicted octanol–water partition coefficient (Wildman–Crippen LogP) is 3.53. The number of thiazole rings is 1. The van der Waals surface area contributed by atoms with Crippen molar-refractivity contribution in [3.63, 3.8) is 0 Å². The van der Waals surface area contributed by atoms with Crippen molar-refractivity contribution in [1.29, 1.82) is 0 Å². The van der Waals surface area contributed by atoms with E-state index in [1.54, 1.807) is 11.7 Å². The molecule has 10 heteroatoms. The monoisotopic (exact) mass is 487 g/mol. The Morgan fingerprint density at radius 2 is 2.09 bits per heavy atom. The van der Waals surface area contributed by atoms with Crippen molar-refractivity contribution >= 4 is 44.5 Å². The van der Waals surface area contributed by atoms with Crippen LogP contribution in [0, 0.1) is 5.92 Å². The molecule has 0 aliphatic carbocycles. The number of nitrogens with zero attached hydrogens (tertiary/aromatic N) is 4. The number of piperidine rings is 1. The van der Waals surface area contributed by atoms with E-state index in [0.717, 1.165) is 48.3 Å². The van der Waals surface area contributed by atoms with E-state index >= 15 is 0 Å². The van der Waals surface area contributed by atoms with Gasteiger partial charge in [-0.05, 0) is 43.4 Å². The first-order valence-electron chi connectivity index (χ1n) is 11.2. The molecule has 0 radical (unpaired) electrons. The summed E-state index contributed by atoms with van der Waals surface area (Å²) in [5.41, 5.74) is 1.35. The van der Waals surface area contributed by atoms with E-state index < -0.39 is 0 Å². The summed E-state index contributed by atoms with van der Waals surface area (Å²) in [6, 6.07) is 7.58. The molecule has 176 valence electrons. The van der Waals surface area contributed by atoms with Gasteiger partial charge in [-0.1, -0.05) is 42.2 Å². The smallest absolute Gasteiger partial charge is 0.273 e. The molecule has 1 N–H and O–H groups in total. The molecule has 33 heavy (non-hydrogen) atoms. The second kappa shape index (κ2) is 10.6. The number of ether oxygens (including phenoxy) is 1. The second-order valence-corrected chi connectivity index (χ2v) is 10.1. The number of anilines is 1. The van der Waals surface area contributed by atoms with Crippen LogP contribution in [0.4, 0.5) is 5.13 Å². The summed E-state index contributed by atoms with van der Waals surface area (Å²) in [4.78, 5) is 37.1. The third-order valence-corrected chi connectivity index (χ3v) is 7.87. The van der Waals surface area contributed by atoms with Crippen LogP contribution in [0.25, 0.3) is 10.3 Å². The lowest BCUT2D eigenvalue weighted by atomic mass is 10.00. The minimum atomic E-state index is -0.124. The van der Waals surface area contributed by atoms with Gasteiger partial charge in [-0.25, -0.2) is 4.98 Å². The third-order valence-electron chi connectivity index (χ3n) is 5.80. The maximum atomic E-state index is 13.1. The molecule has 0 spiro atoms. The van der Waals surface area contributed by atoms with Crippen LogP contribution in [0.1, 0.15) is 32.3 Å². The zero-order valence-corrected chi connectivity index (χ0v) is 20.8. The van der Waals surface area contributed by atoms with Crippen LogP contribution in [-0.4, -0.2) is 46.4 Å². The molecule has 3 heterocycles. The van der Waals surface area contributed by atoms with Gasteiger partial charge in [0, 0.05) is 26.2 Å². The van der Waals surface area contributed by atoms with Crippen molar-refractivity contribution in [1.82, 2.24) is 19.9 Å². The SMILES string of the molecule is CCn1c(SCC(=O)NCc2cccc(OC)c2)nc2nc(N3CCC(C)CC3)sc2c1=O. The van der Waals surface area contributed by atoms with Crippen LogP contribution in [0.3, 0.4) is 0 Å². The highest BCUT2D eigenvalue weighted by molar-refractivity contribution is 7.99. The number of hydrogen-bond acceptors (Lipinski definition) is 8. The van der Waals surface area contributed by atoms with Crippen LogP contribution < -0.4 is 20.5 Å². The first kappa shape index (κ1) is 23.6. The molecule has 8 nitrogen and oxygen atoms in total. The van der Waals surface area contributed by atoms with E-state index in [4.69, 9.17) is 4.74 Å². The van der Waals surface area contributed by atoms with E-state index in [9.17, 15) is 9.59 Å². The van der Waals surface area contributed by atoms with Gasteiger partial charge >= 0.3 is 0 Å². The first-order valence-corrected chi connectivity index (χ1v) is 13.0. The van der Waals surface area contributed by atoms with Crippen LogP contribution in [-0.2, 0) is 17.9 Å². The fourth-order valence-electron chi connectivity index (χ4n) is 3.76. The minimum Gasteiger partial charge on any atom is -0.497 e. The maximum Gasteiger partial charge on any atom is 0.273 e. The molecule has 0 atom stereocenters. The highest BCUT2D eigenvalue weighted by Crippen LogP contribution is 2.30. The summed E-state index contributed by atoms with van der Waals surface area (Å²) >= 11 is 2.69. The van der Waals surface area contributed by atoms with Gasteiger partial charge in [0.25, 0.3) is 5.56 Å². The van der Waals surface area contributed by atoms with Crippen LogP contribution in [0.15, 0.2) is 34.2 Å². The Morgan fingerprint density at radius 1 is 1.30 bits per heavy atom. The summed E-state index contributed by atoms with van der Waals surface area (Å²) in [5.74, 6) is 1.52. The molecule has 2 aromatic heterocycles. The highest BCUT2D eigenvalue weighted by Gasteiger charge is 2.22. The van der Waals surface area contributed by atoms with Crippen molar-refractivity contribution in [3.8, 4) is 5.75 Å². The van der Waals surface area contributed by atoms with E-state index in [1.807, 2.05) is 31.2 Å². The lowest BCUT2D eigenvalue weighted by molar-refractivity contribution is -0.118. The van der Waals surface area contributed by atoms with E-state index in [1.165, 1.54) is 23.1 Å². The zero-order valence-electron chi connectivity index (χ0n) is 19.2. The second-order valence-electron chi connectivity index (χ2n) is 8.18. The van der Waals surface area contributed by atoms with Crippen molar-refractivity contribution in [2.24, 2.45) is 5.92 Å². The Morgan fingerprint density at radius 3 is 2.82 bits per heavy atom. The summed E-state index contributed by atoms with van der Waals surface area (Å²) < 4.78 is 7.43. The number of rotatable bonds is 8. The Kier molecular flexibility index (Phi) is 7.54. The maximum absolute atomic E-state index is 13.1. The summed E-state index contributed by atoms with van der Waals surface area (Å²) in [6.45, 7) is 7.00. The molecule has 0 bridgehead atoms. The Hall–Kier alpha value is -2.59. The van der Waals surface area contributed by atoms with Gasteiger partial charge in [0.2, 0.25) is 5.91 Å². The summed E-state index contributed by atoms with van der Waals surface area (Å²) in [6.07, 6.45) is 2.27. The first-order chi connectivity index (χ1) is 16.0. The fraction of sp³-hybridized carbons (Fsp3) is 0.478. The minimum absolute atomic E-state index is 0.0871. The molecule has 4 rings (SSSR count). The molecule has 1 saturated heterocycles. The fourth-order valence-corrected chi connectivity index (χ4v) is 5.65. The van der Waals surface area contributed by atoms with Crippen molar-refractivity contribution in [2.45, 2.75) is 44.9 Å². The van der Waals surface area contributed by atoms with Gasteiger partial charge in [0.05, 0.1) is 12.9 Å². The third kappa shape index (κ3) is 5.50. The van der Waals surface area contributed by atoms with E-state index in [0.29, 0.717) is 28.6 Å². The molecule has 1 amide bonds. The van der Waals surface area contributed by atoms with Gasteiger partial charge < -0.3 is 15.0 Å². The topological polar surface area (TPSA) is 89.3 Å². The predicted molar refractivity (Wildman–Crippen MR) is 134 cm³/mol. The number of carbonyl (C=O) groups is 1. The highest BCUT2D eigenvalue weighted by atomic mass is 32.2. The average Bonchev–Trinajstić information content (AvgIpc) is 3.26. The van der Waals surface area contributed by atoms with Crippen LogP contribution >= 0.6 is 23.1 Å². The van der Waals surface area contributed by atoms with Gasteiger partial charge in [-0.15, -0.1) is 0 Å². The van der Waals surface area contributed by atoms with E-state index in [2.05, 4.69) is 27.1 Å². The molecule has 0 unspecified atom stereocenters. The van der Waals surface area contributed by atoms with Crippen molar-refractivity contribution in [3.05, 3.63) is 40.2 Å². The number of methoxy groups -OCH3 is 1. The number of nitrogens with one attached hydrogen (secondary N) is 1. The average molecular weight is 488 g/mol. The van der Waals surface area contributed by atoms with E-state index in [-0.39, 0.29) is 17.2 Å². The van der Waals surface area contributed by atoms with Gasteiger partial charge in [0.15, 0.2) is 15.9 Å². The summed E-state index contributed by atoms with van der Waals surface area (Å²) in [5, 5.41) is 4.30. The molecular weight excluding hydrogens is 458 g/mol. The summed E-state index contributed by atoms with van der Waals surface area (Å²) in [7, 11) is 1.61. The Balaban J connectivity index is 1.45. The number of amides is 1. The number of hydrogen-bond donors (Lipinski definition) is 1. The van der Waals surface area contributed by atoms with Gasteiger partial charge in [-0.2, -0.15) is 4.98 Å². The number of thioether (sulfide) groups is 1. The molecule has 3 aromatic rings. The van der Waals surface area contributed by atoms with Crippen molar-refractivity contribution < 1.29 is 9.53 Å². The Bertz CT molecular complexity index is 1180. The number of benzene rings is 1. The lowest BCUT2D eigenvalue weighted by Crippen LogP contribution is -2.32. The normalized spacial score (nSPS) is 14.6. The largest absolute Gasteiger partial charge is 0.497 e. The molecule has 1 aliphatic rings. The number of fused-ring (bicyclic) bond motifs is 1. The van der Waals surface area contributed by atoms with Crippen molar-refractivity contribution in [2.75, 3.05) is 30.9 Å². The van der Waals surface area contributed by atoms with Crippen LogP contribution in [0.2, 0.25) is 0 Å². The molecule has 1 aliphatic heterocycles.